The SMILES string of the molecule is C[C@@H]1NC(=O)O[C@@H]1Cc1cc(Cl)cc(Cl)c1. The van der Waals surface area contributed by atoms with Gasteiger partial charge in [-0.25, -0.2) is 4.79 Å². The van der Waals surface area contributed by atoms with Crippen molar-refractivity contribution < 1.29 is 9.53 Å². The van der Waals surface area contributed by atoms with Gasteiger partial charge in [-0.15, -0.1) is 0 Å². The number of carbonyl (C=O) groups is 1. The number of benzene rings is 1. The molecule has 2 rings (SSSR count). The third-order valence-corrected chi connectivity index (χ3v) is 2.96. The van der Waals surface area contributed by atoms with Crippen LogP contribution in [0.1, 0.15) is 12.5 Å². The summed E-state index contributed by atoms with van der Waals surface area (Å²) in [5.41, 5.74) is 0.964. The zero-order valence-electron chi connectivity index (χ0n) is 8.67. The molecule has 1 aliphatic rings. The van der Waals surface area contributed by atoms with E-state index in [0.29, 0.717) is 16.5 Å². The van der Waals surface area contributed by atoms with Crippen molar-refractivity contribution in [3.8, 4) is 0 Å². The highest BCUT2D eigenvalue weighted by Gasteiger charge is 2.30. The molecule has 0 radical (unpaired) electrons. The molecule has 3 nitrogen and oxygen atoms in total. The predicted molar refractivity (Wildman–Crippen MR) is 63.0 cm³/mol. The van der Waals surface area contributed by atoms with Gasteiger partial charge in [0, 0.05) is 16.5 Å². The topological polar surface area (TPSA) is 38.3 Å². The largest absolute Gasteiger partial charge is 0.444 e. The van der Waals surface area contributed by atoms with Crippen molar-refractivity contribution in [1.29, 1.82) is 0 Å². The van der Waals surface area contributed by atoms with E-state index in [-0.39, 0.29) is 18.2 Å². The molecule has 0 aromatic heterocycles. The smallest absolute Gasteiger partial charge is 0.407 e. The van der Waals surface area contributed by atoms with Gasteiger partial charge in [0.25, 0.3) is 0 Å². The van der Waals surface area contributed by atoms with Crippen molar-refractivity contribution in [3.63, 3.8) is 0 Å². The van der Waals surface area contributed by atoms with Crippen LogP contribution in [0.2, 0.25) is 10.0 Å². The number of rotatable bonds is 2. The molecule has 1 heterocycles. The quantitative estimate of drug-likeness (QED) is 0.887. The van der Waals surface area contributed by atoms with Crippen LogP contribution in [0.3, 0.4) is 0 Å². The lowest BCUT2D eigenvalue weighted by Gasteiger charge is -2.12. The van der Waals surface area contributed by atoms with E-state index in [2.05, 4.69) is 5.32 Å². The minimum atomic E-state index is -0.370. The number of ether oxygens (including phenoxy) is 1. The van der Waals surface area contributed by atoms with E-state index in [1.54, 1.807) is 6.07 Å². The predicted octanol–water partition coefficient (Wildman–Crippen LogP) is 3.03. The Kier molecular flexibility index (Phi) is 3.26. The first-order valence-electron chi connectivity index (χ1n) is 4.97. The van der Waals surface area contributed by atoms with E-state index < -0.39 is 0 Å². The zero-order valence-corrected chi connectivity index (χ0v) is 10.2. The maximum Gasteiger partial charge on any atom is 0.407 e. The van der Waals surface area contributed by atoms with Crippen LogP contribution in [-0.2, 0) is 11.2 Å². The summed E-state index contributed by atoms with van der Waals surface area (Å²) in [5, 5.41) is 3.87. The summed E-state index contributed by atoms with van der Waals surface area (Å²) in [6.45, 7) is 1.90. The van der Waals surface area contributed by atoms with Gasteiger partial charge in [0.2, 0.25) is 0 Å². The molecule has 0 aliphatic carbocycles. The number of carbonyl (C=O) groups excluding carboxylic acids is 1. The van der Waals surface area contributed by atoms with Crippen LogP contribution in [0.25, 0.3) is 0 Å². The first-order chi connectivity index (χ1) is 7.54. The van der Waals surface area contributed by atoms with Crippen LogP contribution < -0.4 is 5.32 Å². The molecule has 1 aliphatic heterocycles. The van der Waals surface area contributed by atoms with Gasteiger partial charge in [-0.05, 0) is 30.7 Å². The summed E-state index contributed by atoms with van der Waals surface area (Å²) < 4.78 is 5.12. The summed E-state index contributed by atoms with van der Waals surface area (Å²) in [5.74, 6) is 0. The molecule has 1 fully saturated rings. The minimum Gasteiger partial charge on any atom is -0.444 e. The van der Waals surface area contributed by atoms with Crippen LogP contribution in [-0.4, -0.2) is 18.2 Å². The van der Waals surface area contributed by atoms with Crippen molar-refractivity contribution >= 4 is 29.3 Å². The molecule has 1 amide bonds. The van der Waals surface area contributed by atoms with Crippen molar-refractivity contribution in [2.24, 2.45) is 0 Å². The van der Waals surface area contributed by atoms with E-state index in [9.17, 15) is 4.79 Å². The molecule has 1 saturated heterocycles. The van der Waals surface area contributed by atoms with Gasteiger partial charge in [0.15, 0.2) is 0 Å². The number of amides is 1. The van der Waals surface area contributed by atoms with Crippen molar-refractivity contribution in [2.75, 3.05) is 0 Å². The van der Waals surface area contributed by atoms with Crippen LogP contribution >= 0.6 is 23.2 Å². The fraction of sp³-hybridized carbons (Fsp3) is 0.364. The van der Waals surface area contributed by atoms with E-state index in [4.69, 9.17) is 27.9 Å². The Balaban J connectivity index is 2.11. The molecule has 0 saturated carbocycles. The van der Waals surface area contributed by atoms with Crippen LogP contribution in [0.5, 0.6) is 0 Å². The third-order valence-electron chi connectivity index (χ3n) is 2.52. The van der Waals surface area contributed by atoms with Gasteiger partial charge in [0.1, 0.15) is 6.10 Å². The summed E-state index contributed by atoms with van der Waals surface area (Å²) >= 11 is 11.8. The Labute approximate surface area is 104 Å². The van der Waals surface area contributed by atoms with Gasteiger partial charge in [-0.3, -0.25) is 0 Å². The molecule has 1 aromatic rings. The summed E-state index contributed by atoms with van der Waals surface area (Å²) in [6, 6.07) is 5.33. The highest BCUT2D eigenvalue weighted by atomic mass is 35.5. The van der Waals surface area contributed by atoms with E-state index in [0.717, 1.165) is 5.56 Å². The lowest BCUT2D eigenvalue weighted by molar-refractivity contribution is 0.133. The number of cyclic esters (lactones) is 1. The third kappa shape index (κ3) is 2.60. The van der Waals surface area contributed by atoms with E-state index >= 15 is 0 Å². The fourth-order valence-corrected chi connectivity index (χ4v) is 2.30. The minimum absolute atomic E-state index is 0.00487. The highest BCUT2D eigenvalue weighted by molar-refractivity contribution is 6.34. The normalized spacial score (nSPS) is 24.1. The number of hydrogen-bond donors (Lipinski definition) is 1. The van der Waals surface area contributed by atoms with Crippen molar-refractivity contribution in [3.05, 3.63) is 33.8 Å². The molecule has 86 valence electrons. The molecular formula is C11H11Cl2NO2. The van der Waals surface area contributed by atoms with Crippen LogP contribution in [0, 0.1) is 0 Å². The van der Waals surface area contributed by atoms with Crippen LogP contribution in [0.15, 0.2) is 18.2 Å². The summed E-state index contributed by atoms with van der Waals surface area (Å²) in [4.78, 5) is 11.0. The monoisotopic (exact) mass is 259 g/mol. The Hall–Kier alpha value is -0.930. The number of nitrogens with one attached hydrogen (secondary N) is 1. The van der Waals surface area contributed by atoms with Gasteiger partial charge in [-0.1, -0.05) is 23.2 Å². The lowest BCUT2D eigenvalue weighted by Crippen LogP contribution is -2.29. The van der Waals surface area contributed by atoms with Crippen LogP contribution in [0.4, 0.5) is 4.79 Å². The molecule has 1 aromatic carbocycles. The molecule has 0 spiro atoms. The molecule has 16 heavy (non-hydrogen) atoms. The number of hydrogen-bond acceptors (Lipinski definition) is 2. The van der Waals surface area contributed by atoms with Gasteiger partial charge >= 0.3 is 6.09 Å². The Morgan fingerprint density at radius 3 is 2.44 bits per heavy atom. The van der Waals surface area contributed by atoms with E-state index in [1.165, 1.54) is 0 Å². The van der Waals surface area contributed by atoms with Crippen molar-refractivity contribution in [1.82, 2.24) is 5.32 Å². The number of alkyl carbamates (subject to hydrolysis) is 1. The Morgan fingerprint density at radius 2 is 1.94 bits per heavy atom. The molecular weight excluding hydrogens is 249 g/mol. The molecule has 0 unspecified atom stereocenters. The Bertz CT molecular complexity index is 402. The average Bonchev–Trinajstić information content (AvgIpc) is 2.43. The second kappa shape index (κ2) is 4.52. The molecule has 2 atom stereocenters. The first-order valence-corrected chi connectivity index (χ1v) is 5.72. The molecule has 0 bridgehead atoms. The second-order valence-corrected chi connectivity index (χ2v) is 4.73. The highest BCUT2D eigenvalue weighted by Crippen LogP contribution is 2.22. The van der Waals surface area contributed by atoms with Crippen molar-refractivity contribution in [2.45, 2.75) is 25.5 Å². The zero-order chi connectivity index (χ0) is 11.7. The van der Waals surface area contributed by atoms with Gasteiger partial charge in [0.05, 0.1) is 6.04 Å². The van der Waals surface area contributed by atoms with Gasteiger partial charge < -0.3 is 10.1 Å². The lowest BCUT2D eigenvalue weighted by atomic mass is 10.0. The summed E-state index contributed by atoms with van der Waals surface area (Å²) in [7, 11) is 0. The van der Waals surface area contributed by atoms with E-state index in [1.807, 2.05) is 19.1 Å². The number of halogens is 2. The molecule has 5 heteroatoms. The summed E-state index contributed by atoms with van der Waals surface area (Å²) in [6.07, 6.45) is 0.0767. The second-order valence-electron chi connectivity index (χ2n) is 3.86. The maximum absolute atomic E-state index is 11.0. The maximum atomic E-state index is 11.0. The fourth-order valence-electron chi connectivity index (χ4n) is 1.73. The average molecular weight is 260 g/mol. The Morgan fingerprint density at radius 1 is 1.31 bits per heavy atom. The van der Waals surface area contributed by atoms with Gasteiger partial charge in [-0.2, -0.15) is 0 Å². The first kappa shape index (κ1) is 11.6. The molecule has 1 N–H and O–H groups in total. The standard InChI is InChI=1S/C11H11Cl2NO2/c1-6-10(16-11(15)14-6)4-7-2-8(12)5-9(13)3-7/h2-3,5-6,10H,4H2,1H3,(H,14,15)/t6-,10+/m0/s1.